The van der Waals surface area contributed by atoms with Crippen LogP contribution in [0.4, 0.5) is 5.69 Å². The highest BCUT2D eigenvalue weighted by molar-refractivity contribution is 5.97. The minimum absolute atomic E-state index is 0.130. The lowest BCUT2D eigenvalue weighted by molar-refractivity contribution is -0.138. The van der Waals surface area contributed by atoms with E-state index in [0.717, 1.165) is 12.0 Å². The smallest absolute Gasteiger partial charge is 0.325 e. The fourth-order valence-corrected chi connectivity index (χ4v) is 2.32. The molecule has 0 saturated heterocycles. The molecule has 2 amide bonds. The lowest BCUT2D eigenvalue weighted by Gasteiger charge is -2.11. The highest BCUT2D eigenvalue weighted by atomic mass is 16.5. The number of ether oxygens (including phenoxy) is 1. The number of carbonyl (C=O) groups is 3. The van der Waals surface area contributed by atoms with Crippen LogP contribution in [0.5, 0.6) is 5.75 Å². The fraction of sp³-hybridized carbons (Fsp3) is 0.250. The number of aryl methyl sites for hydroxylation is 1. The number of benzene rings is 2. The van der Waals surface area contributed by atoms with Crippen molar-refractivity contribution in [2.24, 2.45) is 0 Å². The van der Waals surface area contributed by atoms with Gasteiger partial charge in [-0.1, -0.05) is 25.1 Å². The normalized spacial score (nSPS) is 11.3. The molecule has 2 aromatic carbocycles. The fourth-order valence-electron chi connectivity index (χ4n) is 2.32. The van der Waals surface area contributed by atoms with E-state index in [0.29, 0.717) is 17.0 Å². The molecule has 0 radical (unpaired) electrons. The minimum atomic E-state index is -1.11. The molecule has 1 unspecified atom stereocenters. The van der Waals surface area contributed by atoms with E-state index in [1.54, 1.807) is 12.1 Å². The van der Waals surface area contributed by atoms with Crippen LogP contribution in [0.2, 0.25) is 0 Å². The average molecular weight is 370 g/mol. The number of nitrogens with one attached hydrogen (secondary N) is 2. The molecule has 1 atom stereocenters. The molecule has 0 aliphatic heterocycles. The third-order valence-corrected chi connectivity index (χ3v) is 3.86. The van der Waals surface area contributed by atoms with Crippen LogP contribution in [0.3, 0.4) is 0 Å². The summed E-state index contributed by atoms with van der Waals surface area (Å²) in [7, 11) is 0. The Morgan fingerprint density at radius 2 is 1.74 bits per heavy atom. The third-order valence-electron chi connectivity index (χ3n) is 3.86. The number of carboxylic acid groups (broad SMARTS) is 1. The van der Waals surface area contributed by atoms with Crippen LogP contribution in [0, 0.1) is 0 Å². The molecule has 0 aliphatic rings. The van der Waals surface area contributed by atoms with Gasteiger partial charge in [0.05, 0.1) is 0 Å². The van der Waals surface area contributed by atoms with Crippen LogP contribution in [0.1, 0.15) is 29.8 Å². The molecule has 0 aromatic heterocycles. The van der Waals surface area contributed by atoms with Gasteiger partial charge in [-0.3, -0.25) is 14.4 Å². The monoisotopic (exact) mass is 370 g/mol. The molecule has 2 rings (SSSR count). The van der Waals surface area contributed by atoms with Crippen LogP contribution in [0.15, 0.2) is 48.5 Å². The van der Waals surface area contributed by atoms with Gasteiger partial charge in [-0.15, -0.1) is 0 Å². The summed E-state index contributed by atoms with van der Waals surface area (Å²) in [5.41, 5.74) is 1.83. The molecule has 27 heavy (non-hydrogen) atoms. The van der Waals surface area contributed by atoms with E-state index in [1.807, 2.05) is 31.2 Å². The average Bonchev–Trinajstić information content (AvgIpc) is 2.67. The van der Waals surface area contributed by atoms with Crippen molar-refractivity contribution >= 4 is 23.5 Å². The van der Waals surface area contributed by atoms with Gasteiger partial charge in [0.2, 0.25) is 0 Å². The predicted molar refractivity (Wildman–Crippen MR) is 101 cm³/mol. The molecular weight excluding hydrogens is 348 g/mol. The minimum Gasteiger partial charge on any atom is -0.483 e. The second-order valence-corrected chi connectivity index (χ2v) is 5.91. The Morgan fingerprint density at radius 1 is 1.07 bits per heavy atom. The van der Waals surface area contributed by atoms with Gasteiger partial charge in [0, 0.05) is 11.3 Å². The number of hydrogen-bond donors (Lipinski definition) is 3. The highest BCUT2D eigenvalue weighted by Crippen LogP contribution is 2.18. The number of para-hydroxylation sites is 1. The molecule has 0 aliphatic carbocycles. The zero-order chi connectivity index (χ0) is 19.8. The maximum Gasteiger partial charge on any atom is 0.325 e. The van der Waals surface area contributed by atoms with Gasteiger partial charge in [0.25, 0.3) is 11.8 Å². The van der Waals surface area contributed by atoms with Crippen molar-refractivity contribution in [3.05, 3.63) is 59.7 Å². The summed E-state index contributed by atoms with van der Waals surface area (Å²) in [4.78, 5) is 34.7. The first-order chi connectivity index (χ1) is 12.9. The van der Waals surface area contributed by atoms with Gasteiger partial charge in [-0.25, -0.2) is 0 Å². The van der Waals surface area contributed by atoms with Gasteiger partial charge >= 0.3 is 5.97 Å². The van der Waals surface area contributed by atoms with Gasteiger partial charge in [0.15, 0.2) is 6.61 Å². The molecule has 7 heteroatoms. The summed E-state index contributed by atoms with van der Waals surface area (Å²) < 4.78 is 5.56. The van der Waals surface area contributed by atoms with Gasteiger partial charge in [0.1, 0.15) is 11.8 Å². The standard InChI is InChI=1S/C20H22N2O5/c1-3-14-6-4-5-7-17(14)27-12-18(23)22-16-10-8-15(9-11-16)19(24)21-13(2)20(25)26/h4-11,13H,3,12H2,1-2H3,(H,21,24)(H,22,23)(H,25,26). The van der Waals surface area contributed by atoms with Crippen LogP contribution in [-0.2, 0) is 16.0 Å². The van der Waals surface area contributed by atoms with Gasteiger partial charge in [-0.2, -0.15) is 0 Å². The molecule has 0 saturated carbocycles. The SMILES string of the molecule is CCc1ccccc1OCC(=O)Nc1ccc(C(=O)NC(C)C(=O)O)cc1. The highest BCUT2D eigenvalue weighted by Gasteiger charge is 2.15. The van der Waals surface area contributed by atoms with Crippen molar-refractivity contribution in [2.45, 2.75) is 26.3 Å². The lowest BCUT2D eigenvalue weighted by Crippen LogP contribution is -2.38. The Kier molecular flexibility index (Phi) is 6.93. The molecule has 0 bridgehead atoms. The molecule has 3 N–H and O–H groups in total. The van der Waals surface area contributed by atoms with E-state index in [2.05, 4.69) is 10.6 Å². The topological polar surface area (TPSA) is 105 Å². The quantitative estimate of drug-likeness (QED) is 0.662. The van der Waals surface area contributed by atoms with E-state index < -0.39 is 17.9 Å². The number of anilines is 1. The maximum atomic E-state index is 12.0. The van der Waals surface area contributed by atoms with E-state index in [1.165, 1.54) is 19.1 Å². The zero-order valence-electron chi connectivity index (χ0n) is 15.2. The second kappa shape index (κ2) is 9.38. The largest absolute Gasteiger partial charge is 0.483 e. The number of carbonyl (C=O) groups excluding carboxylic acids is 2. The van der Waals surface area contributed by atoms with Crippen LogP contribution < -0.4 is 15.4 Å². The first kappa shape index (κ1) is 20.0. The van der Waals surface area contributed by atoms with Crippen molar-refractivity contribution in [3.63, 3.8) is 0 Å². The van der Waals surface area contributed by atoms with Crippen molar-refractivity contribution in [2.75, 3.05) is 11.9 Å². The number of hydrogen-bond acceptors (Lipinski definition) is 4. The summed E-state index contributed by atoms with van der Waals surface area (Å²) in [6.45, 7) is 3.26. The number of rotatable bonds is 8. The lowest BCUT2D eigenvalue weighted by atomic mass is 10.1. The summed E-state index contributed by atoms with van der Waals surface area (Å²) in [5.74, 6) is -1.26. The summed E-state index contributed by atoms with van der Waals surface area (Å²) in [6, 6.07) is 12.7. The van der Waals surface area contributed by atoms with E-state index in [-0.39, 0.29) is 12.5 Å². The van der Waals surface area contributed by atoms with Crippen LogP contribution in [-0.4, -0.2) is 35.5 Å². The third kappa shape index (κ3) is 5.85. The van der Waals surface area contributed by atoms with Crippen molar-refractivity contribution in [1.29, 1.82) is 0 Å². The van der Waals surface area contributed by atoms with Crippen LogP contribution in [0.25, 0.3) is 0 Å². The summed E-state index contributed by atoms with van der Waals surface area (Å²) in [6.07, 6.45) is 0.807. The molecule has 142 valence electrons. The molecular formula is C20H22N2O5. The number of amides is 2. The maximum absolute atomic E-state index is 12.0. The van der Waals surface area contributed by atoms with Crippen molar-refractivity contribution in [1.82, 2.24) is 5.32 Å². The predicted octanol–water partition coefficient (Wildman–Crippen LogP) is 2.47. The Hall–Kier alpha value is -3.35. The van der Waals surface area contributed by atoms with E-state index in [9.17, 15) is 14.4 Å². The Morgan fingerprint density at radius 3 is 2.37 bits per heavy atom. The number of carboxylic acids is 1. The molecule has 0 heterocycles. The van der Waals surface area contributed by atoms with Crippen LogP contribution >= 0.6 is 0 Å². The second-order valence-electron chi connectivity index (χ2n) is 5.91. The summed E-state index contributed by atoms with van der Waals surface area (Å²) in [5, 5.41) is 13.9. The van der Waals surface area contributed by atoms with Gasteiger partial charge < -0.3 is 20.5 Å². The first-order valence-corrected chi connectivity index (χ1v) is 8.55. The van der Waals surface area contributed by atoms with Gasteiger partial charge in [-0.05, 0) is 49.2 Å². The van der Waals surface area contributed by atoms with E-state index >= 15 is 0 Å². The first-order valence-electron chi connectivity index (χ1n) is 8.55. The number of aliphatic carboxylic acids is 1. The summed E-state index contributed by atoms with van der Waals surface area (Å²) >= 11 is 0. The molecule has 2 aromatic rings. The van der Waals surface area contributed by atoms with Crippen molar-refractivity contribution in [3.8, 4) is 5.75 Å². The molecule has 0 fully saturated rings. The van der Waals surface area contributed by atoms with Crippen molar-refractivity contribution < 1.29 is 24.2 Å². The Balaban J connectivity index is 1.89. The van der Waals surface area contributed by atoms with E-state index in [4.69, 9.17) is 9.84 Å². The molecule has 0 spiro atoms. The zero-order valence-corrected chi connectivity index (χ0v) is 15.2. The Labute approximate surface area is 157 Å². The molecule has 7 nitrogen and oxygen atoms in total. The Bertz CT molecular complexity index is 817.